The Hall–Kier alpha value is -5.20. The Kier molecular flexibility index (Phi) is 9.50. The molecule has 6 heteroatoms. The molecule has 238 valence electrons. The predicted molar refractivity (Wildman–Crippen MR) is 183 cm³/mol. The quantitative estimate of drug-likeness (QED) is 0.136. The lowest BCUT2D eigenvalue weighted by atomic mass is 9.79. The highest BCUT2D eigenvalue weighted by molar-refractivity contribution is 5.81. The van der Waals surface area contributed by atoms with Gasteiger partial charge in [-0.05, 0) is 51.3 Å². The number of carboxylic acids is 1. The maximum absolute atomic E-state index is 13.5. The molecule has 1 aliphatic rings. The maximum Gasteiger partial charge on any atom is 0.407 e. The summed E-state index contributed by atoms with van der Waals surface area (Å²) in [6, 6.07) is 44.2. The average Bonchev–Trinajstić information content (AvgIpc) is 3.42. The lowest BCUT2D eigenvalue weighted by molar-refractivity contribution is -0.148. The fraction of sp³-hybridized carbons (Fsp3) is 0.220. The van der Waals surface area contributed by atoms with Gasteiger partial charge in [0.1, 0.15) is 12.2 Å². The second kappa shape index (κ2) is 14.1. The number of aliphatic carboxylic acids is 1. The summed E-state index contributed by atoms with van der Waals surface area (Å²) in [6.07, 6.45) is -1.36. The summed E-state index contributed by atoms with van der Waals surface area (Å²) in [5, 5.41) is 13.3. The van der Waals surface area contributed by atoms with E-state index in [0.29, 0.717) is 6.42 Å². The van der Waals surface area contributed by atoms with Gasteiger partial charge in [0.15, 0.2) is 6.04 Å². The highest BCUT2D eigenvalue weighted by Crippen LogP contribution is 2.45. The van der Waals surface area contributed by atoms with Crippen LogP contribution in [0.5, 0.6) is 0 Å². The van der Waals surface area contributed by atoms with E-state index in [0.717, 1.165) is 38.9 Å². The third-order valence-electron chi connectivity index (χ3n) is 8.83. The first-order valence-corrected chi connectivity index (χ1v) is 16.1. The van der Waals surface area contributed by atoms with Crippen molar-refractivity contribution in [2.45, 2.75) is 43.9 Å². The van der Waals surface area contributed by atoms with Crippen LogP contribution in [0, 0.1) is 5.92 Å². The van der Waals surface area contributed by atoms with Crippen molar-refractivity contribution >= 4 is 12.1 Å². The number of benzene rings is 5. The van der Waals surface area contributed by atoms with Crippen LogP contribution in [0.4, 0.5) is 4.79 Å². The summed E-state index contributed by atoms with van der Waals surface area (Å²) in [5.74, 6) is -1.29. The van der Waals surface area contributed by atoms with Crippen LogP contribution in [0.2, 0.25) is 0 Å². The largest absolute Gasteiger partial charge is 0.480 e. The van der Waals surface area contributed by atoms with Crippen molar-refractivity contribution in [2.75, 3.05) is 6.61 Å². The molecule has 2 N–H and O–H groups in total. The fourth-order valence-electron chi connectivity index (χ4n) is 6.75. The van der Waals surface area contributed by atoms with Gasteiger partial charge in [-0.25, -0.2) is 9.59 Å². The smallest absolute Gasteiger partial charge is 0.407 e. The Morgan fingerprint density at radius 1 is 0.681 bits per heavy atom. The van der Waals surface area contributed by atoms with Gasteiger partial charge >= 0.3 is 12.1 Å². The molecule has 6 rings (SSSR count). The molecule has 47 heavy (non-hydrogen) atoms. The van der Waals surface area contributed by atoms with Gasteiger partial charge in [0.25, 0.3) is 0 Å². The van der Waals surface area contributed by atoms with E-state index in [1.807, 2.05) is 141 Å². The van der Waals surface area contributed by atoms with Gasteiger partial charge in [-0.3, -0.25) is 0 Å². The van der Waals surface area contributed by atoms with Crippen molar-refractivity contribution in [1.29, 1.82) is 0 Å². The van der Waals surface area contributed by atoms with E-state index in [1.54, 1.807) is 0 Å². The van der Waals surface area contributed by atoms with Gasteiger partial charge in [-0.1, -0.05) is 153 Å². The van der Waals surface area contributed by atoms with Gasteiger partial charge in [0.05, 0.1) is 6.10 Å². The van der Waals surface area contributed by atoms with Crippen LogP contribution >= 0.6 is 0 Å². The number of amides is 1. The highest BCUT2D eigenvalue weighted by atomic mass is 16.6. The topological polar surface area (TPSA) is 84.9 Å². The molecule has 0 aromatic heterocycles. The summed E-state index contributed by atoms with van der Waals surface area (Å²) in [4.78, 5) is 26.4. The lowest BCUT2D eigenvalue weighted by Crippen LogP contribution is -2.53. The lowest BCUT2D eigenvalue weighted by Gasteiger charge is -2.41. The number of fused-ring (bicyclic) bond motifs is 3. The van der Waals surface area contributed by atoms with Gasteiger partial charge in [0, 0.05) is 5.92 Å². The second-order valence-corrected chi connectivity index (χ2v) is 12.4. The molecule has 5 aromatic rings. The molecule has 0 spiro atoms. The molecule has 2 atom stereocenters. The van der Waals surface area contributed by atoms with Crippen LogP contribution in [-0.4, -0.2) is 35.9 Å². The number of carboxylic acid groups (broad SMARTS) is 1. The summed E-state index contributed by atoms with van der Waals surface area (Å²) in [6.45, 7) is 4.10. The first-order valence-electron chi connectivity index (χ1n) is 16.1. The van der Waals surface area contributed by atoms with E-state index >= 15 is 0 Å². The Bertz CT molecular complexity index is 1660. The minimum Gasteiger partial charge on any atom is -0.480 e. The van der Waals surface area contributed by atoms with Gasteiger partial charge in [0.2, 0.25) is 0 Å². The minimum atomic E-state index is -1.39. The SMILES string of the molecule is CC(C)CC(OC(c1ccccc1)(c1ccccc1)c1ccccc1)C(NC(=O)OCC1c2ccccc2-c2ccccc21)C(=O)O. The first-order chi connectivity index (χ1) is 22.9. The van der Waals surface area contributed by atoms with E-state index in [1.165, 1.54) is 0 Å². The molecule has 0 radical (unpaired) electrons. The number of nitrogens with one attached hydrogen (secondary N) is 1. The number of ether oxygens (including phenoxy) is 2. The summed E-state index contributed by atoms with van der Waals surface area (Å²) in [7, 11) is 0. The summed E-state index contributed by atoms with van der Waals surface area (Å²) >= 11 is 0. The van der Waals surface area contributed by atoms with Crippen LogP contribution in [0.15, 0.2) is 140 Å². The molecule has 1 aliphatic carbocycles. The van der Waals surface area contributed by atoms with Gasteiger partial charge < -0.3 is 19.9 Å². The molecule has 0 fully saturated rings. The van der Waals surface area contributed by atoms with Crippen LogP contribution in [0.1, 0.15) is 54.0 Å². The van der Waals surface area contributed by atoms with Crippen molar-refractivity contribution in [3.63, 3.8) is 0 Å². The summed E-state index contributed by atoms with van der Waals surface area (Å²) in [5.41, 5.74) is 5.76. The standard InChI is InChI=1S/C41H39NO5/c1-28(2)26-37(47-41(29-16-6-3-7-17-29,30-18-8-4-9-19-30)31-20-10-5-11-21-31)38(39(43)44)42-40(45)46-27-36-34-24-14-12-22-32(34)33-23-13-15-25-35(33)36/h3-25,28,36-38H,26-27H2,1-2H3,(H,42,45)(H,43,44). The molecular weight excluding hydrogens is 586 g/mol. The summed E-state index contributed by atoms with van der Waals surface area (Å²) < 4.78 is 12.9. The first kappa shape index (κ1) is 31.8. The molecule has 0 heterocycles. The number of rotatable bonds is 12. The second-order valence-electron chi connectivity index (χ2n) is 12.4. The third-order valence-corrected chi connectivity index (χ3v) is 8.83. The Morgan fingerprint density at radius 2 is 1.11 bits per heavy atom. The van der Waals surface area contributed by atoms with Crippen molar-refractivity contribution in [3.05, 3.63) is 167 Å². The van der Waals surface area contributed by atoms with Crippen LogP contribution < -0.4 is 5.32 Å². The zero-order valence-electron chi connectivity index (χ0n) is 26.6. The molecule has 6 nitrogen and oxygen atoms in total. The minimum absolute atomic E-state index is 0.0613. The van der Waals surface area contributed by atoms with Crippen molar-refractivity contribution in [1.82, 2.24) is 5.32 Å². The Labute approximate surface area is 276 Å². The van der Waals surface area contributed by atoms with E-state index in [4.69, 9.17) is 9.47 Å². The van der Waals surface area contributed by atoms with E-state index < -0.39 is 29.8 Å². The number of hydrogen-bond acceptors (Lipinski definition) is 4. The molecule has 0 bridgehead atoms. The maximum atomic E-state index is 13.5. The zero-order valence-corrected chi connectivity index (χ0v) is 26.6. The van der Waals surface area contributed by atoms with E-state index in [2.05, 4.69) is 17.4 Å². The number of hydrogen-bond donors (Lipinski definition) is 2. The molecule has 1 amide bonds. The Morgan fingerprint density at radius 3 is 1.53 bits per heavy atom. The average molecular weight is 626 g/mol. The van der Waals surface area contributed by atoms with E-state index in [-0.39, 0.29) is 18.4 Å². The molecule has 5 aromatic carbocycles. The third kappa shape index (κ3) is 6.56. The number of carbonyl (C=O) groups is 2. The number of carbonyl (C=O) groups excluding carboxylic acids is 1. The zero-order chi connectivity index (χ0) is 32.8. The van der Waals surface area contributed by atoms with Crippen molar-refractivity contribution in [3.8, 4) is 11.1 Å². The van der Waals surface area contributed by atoms with Crippen molar-refractivity contribution in [2.24, 2.45) is 5.92 Å². The van der Waals surface area contributed by atoms with Crippen LogP contribution in [0.3, 0.4) is 0 Å². The van der Waals surface area contributed by atoms with Crippen LogP contribution in [-0.2, 0) is 19.9 Å². The highest BCUT2D eigenvalue weighted by Gasteiger charge is 2.44. The van der Waals surface area contributed by atoms with Gasteiger partial charge in [-0.2, -0.15) is 0 Å². The normalized spacial score (nSPS) is 13.8. The molecule has 0 aliphatic heterocycles. The number of alkyl carbamates (subject to hydrolysis) is 1. The predicted octanol–water partition coefficient (Wildman–Crippen LogP) is 8.40. The fourth-order valence-corrected chi connectivity index (χ4v) is 6.75. The monoisotopic (exact) mass is 625 g/mol. The van der Waals surface area contributed by atoms with Gasteiger partial charge in [-0.15, -0.1) is 0 Å². The molecule has 0 saturated heterocycles. The molecule has 0 saturated carbocycles. The van der Waals surface area contributed by atoms with Crippen molar-refractivity contribution < 1.29 is 24.2 Å². The molecule has 2 unspecified atom stereocenters. The van der Waals surface area contributed by atoms with E-state index in [9.17, 15) is 14.7 Å². The molecular formula is C41H39NO5. The Balaban J connectivity index is 1.32. The van der Waals surface area contributed by atoms with Crippen LogP contribution in [0.25, 0.3) is 11.1 Å².